The minimum absolute atomic E-state index is 0.0203. The summed E-state index contributed by atoms with van der Waals surface area (Å²) in [7, 11) is 0. The summed E-state index contributed by atoms with van der Waals surface area (Å²) in [4.78, 5) is 36.3. The zero-order valence-electron chi connectivity index (χ0n) is 20.6. The number of piperazine rings is 1. The molecule has 3 aliphatic rings. The normalized spacial score (nSPS) is 23.6. The molecule has 2 saturated heterocycles. The number of morpholine rings is 1. The van der Waals surface area contributed by atoms with Crippen LogP contribution in [0.25, 0.3) is 11.3 Å². The maximum absolute atomic E-state index is 15.0. The number of phenols is 1. The number of halogens is 2. The number of carbonyl (C=O) groups excluding carboxylic acids is 2. The van der Waals surface area contributed by atoms with Gasteiger partial charge in [0.15, 0.2) is 5.75 Å². The fourth-order valence-electron chi connectivity index (χ4n) is 5.30. The maximum Gasteiger partial charge on any atom is 0.261 e. The van der Waals surface area contributed by atoms with E-state index in [1.807, 2.05) is 18.7 Å². The second-order valence-corrected chi connectivity index (χ2v) is 9.91. The van der Waals surface area contributed by atoms with Gasteiger partial charge < -0.3 is 29.3 Å². The zero-order valence-corrected chi connectivity index (χ0v) is 21.4. The molecule has 1 N–H and O–H groups in total. The van der Waals surface area contributed by atoms with Crippen molar-refractivity contribution >= 4 is 29.2 Å². The van der Waals surface area contributed by atoms with E-state index in [2.05, 4.69) is 6.58 Å². The highest BCUT2D eigenvalue weighted by Gasteiger charge is 2.42. The first kappa shape index (κ1) is 25.3. The van der Waals surface area contributed by atoms with Gasteiger partial charge >= 0.3 is 0 Å². The molecule has 3 atom stereocenters. The van der Waals surface area contributed by atoms with Crippen LogP contribution in [0.5, 0.6) is 11.5 Å². The van der Waals surface area contributed by atoms with E-state index in [1.165, 1.54) is 24.3 Å². The molecule has 37 heavy (non-hydrogen) atoms. The van der Waals surface area contributed by atoms with Crippen LogP contribution in [0, 0.1) is 5.82 Å². The van der Waals surface area contributed by atoms with E-state index < -0.39 is 11.9 Å². The number of anilines is 1. The second-order valence-electron chi connectivity index (χ2n) is 9.53. The summed E-state index contributed by atoms with van der Waals surface area (Å²) in [6, 6.07) is 3.20. The number of amides is 2. The lowest BCUT2D eigenvalue weighted by atomic mass is 10.0. The number of rotatable bonds is 3. The molecule has 5 rings (SSSR count). The van der Waals surface area contributed by atoms with E-state index in [9.17, 15) is 19.1 Å². The number of hydrogen-bond acceptors (Lipinski definition) is 7. The molecule has 4 heterocycles. The van der Waals surface area contributed by atoms with Crippen LogP contribution in [0.1, 0.15) is 24.2 Å². The summed E-state index contributed by atoms with van der Waals surface area (Å²) >= 11 is 6.77. The minimum Gasteiger partial charge on any atom is -0.507 e. The van der Waals surface area contributed by atoms with Crippen molar-refractivity contribution in [1.82, 2.24) is 14.8 Å². The van der Waals surface area contributed by atoms with Gasteiger partial charge in [0.05, 0.1) is 36.9 Å². The predicted molar refractivity (Wildman–Crippen MR) is 136 cm³/mol. The molecule has 11 heteroatoms. The van der Waals surface area contributed by atoms with Crippen LogP contribution in [0.4, 0.5) is 10.2 Å². The SMILES string of the molecule is C=CC(=O)N1CCN2C(=O)c3c(N4[C@H](C)COC[C@@H]4C)nc(-c4c(O)cccc4F)c(Cl)c3OCC2C1. The second kappa shape index (κ2) is 9.83. The van der Waals surface area contributed by atoms with Crippen molar-refractivity contribution in [3.63, 3.8) is 0 Å². The van der Waals surface area contributed by atoms with Gasteiger partial charge in [0.25, 0.3) is 5.91 Å². The molecule has 2 fully saturated rings. The van der Waals surface area contributed by atoms with Crippen molar-refractivity contribution in [3.8, 4) is 22.8 Å². The van der Waals surface area contributed by atoms with Gasteiger partial charge in [-0.2, -0.15) is 0 Å². The van der Waals surface area contributed by atoms with Crippen LogP contribution < -0.4 is 9.64 Å². The van der Waals surface area contributed by atoms with Crippen molar-refractivity contribution in [3.05, 3.63) is 47.3 Å². The van der Waals surface area contributed by atoms with Gasteiger partial charge in [0.1, 0.15) is 40.3 Å². The van der Waals surface area contributed by atoms with Crippen LogP contribution in [0.2, 0.25) is 5.02 Å². The summed E-state index contributed by atoms with van der Waals surface area (Å²) in [5.74, 6) is -1.23. The Balaban J connectivity index is 1.69. The largest absolute Gasteiger partial charge is 0.507 e. The molecule has 9 nitrogen and oxygen atoms in total. The number of carbonyl (C=O) groups is 2. The Hall–Kier alpha value is -3.37. The highest BCUT2D eigenvalue weighted by molar-refractivity contribution is 6.35. The number of pyridine rings is 1. The summed E-state index contributed by atoms with van der Waals surface area (Å²) < 4.78 is 26.8. The molecule has 196 valence electrons. The average molecular weight is 531 g/mol. The van der Waals surface area contributed by atoms with Crippen LogP contribution in [0.15, 0.2) is 30.9 Å². The summed E-state index contributed by atoms with van der Waals surface area (Å²) in [6.07, 6.45) is 1.25. The van der Waals surface area contributed by atoms with Gasteiger partial charge in [0, 0.05) is 19.6 Å². The van der Waals surface area contributed by atoms with Crippen LogP contribution in [-0.2, 0) is 9.53 Å². The van der Waals surface area contributed by atoms with E-state index in [-0.39, 0.29) is 76.2 Å². The smallest absolute Gasteiger partial charge is 0.261 e. The molecule has 2 aromatic rings. The van der Waals surface area contributed by atoms with Crippen molar-refractivity contribution in [2.24, 2.45) is 0 Å². The molecule has 0 spiro atoms. The molecule has 0 aliphatic carbocycles. The predicted octanol–water partition coefficient (Wildman–Crippen LogP) is 3.09. The van der Waals surface area contributed by atoms with Gasteiger partial charge in [0.2, 0.25) is 5.91 Å². The van der Waals surface area contributed by atoms with E-state index in [1.54, 1.807) is 9.80 Å². The van der Waals surface area contributed by atoms with Gasteiger partial charge in [-0.15, -0.1) is 0 Å². The van der Waals surface area contributed by atoms with Crippen molar-refractivity contribution in [2.75, 3.05) is 44.4 Å². The third-order valence-corrected chi connectivity index (χ3v) is 7.43. The van der Waals surface area contributed by atoms with Crippen molar-refractivity contribution in [2.45, 2.75) is 32.0 Å². The fourth-order valence-corrected chi connectivity index (χ4v) is 5.58. The lowest BCUT2D eigenvalue weighted by molar-refractivity contribution is -0.128. The number of ether oxygens (including phenoxy) is 2. The molecule has 0 radical (unpaired) electrons. The third-order valence-electron chi connectivity index (χ3n) is 7.08. The summed E-state index contributed by atoms with van der Waals surface area (Å²) in [5.41, 5.74) is -0.0184. The minimum atomic E-state index is -0.709. The lowest BCUT2D eigenvalue weighted by Crippen LogP contribution is -2.57. The fraction of sp³-hybridized carbons (Fsp3) is 0.423. The van der Waals surface area contributed by atoms with Crippen LogP contribution in [-0.4, -0.2) is 89.3 Å². The number of phenolic OH excluding ortho intramolecular Hbond substituents is 1. The van der Waals surface area contributed by atoms with E-state index in [4.69, 9.17) is 26.1 Å². The van der Waals surface area contributed by atoms with Crippen molar-refractivity contribution < 1.29 is 28.6 Å². The first-order valence-electron chi connectivity index (χ1n) is 12.1. The Bertz CT molecular complexity index is 1240. The zero-order chi connectivity index (χ0) is 26.4. The summed E-state index contributed by atoms with van der Waals surface area (Å²) in [6.45, 7) is 9.25. The third kappa shape index (κ3) is 4.27. The number of hydrogen-bond donors (Lipinski definition) is 1. The molecule has 1 aromatic carbocycles. The Morgan fingerprint density at radius 3 is 2.62 bits per heavy atom. The van der Waals surface area contributed by atoms with Crippen LogP contribution in [0.3, 0.4) is 0 Å². The first-order chi connectivity index (χ1) is 17.7. The number of aromatic hydroxyl groups is 1. The average Bonchev–Trinajstić information content (AvgIpc) is 3.02. The van der Waals surface area contributed by atoms with E-state index in [0.717, 1.165) is 0 Å². The molecule has 1 unspecified atom stereocenters. The van der Waals surface area contributed by atoms with Gasteiger partial charge in [-0.3, -0.25) is 9.59 Å². The quantitative estimate of drug-likeness (QED) is 0.609. The molecule has 2 amide bonds. The van der Waals surface area contributed by atoms with Gasteiger partial charge in [-0.1, -0.05) is 24.2 Å². The monoisotopic (exact) mass is 530 g/mol. The molecule has 1 aromatic heterocycles. The Labute approximate surface area is 219 Å². The molecular formula is C26H28ClFN4O5. The topological polar surface area (TPSA) is 95.4 Å². The first-order valence-corrected chi connectivity index (χ1v) is 12.5. The van der Waals surface area contributed by atoms with Crippen molar-refractivity contribution in [1.29, 1.82) is 0 Å². The molecule has 3 aliphatic heterocycles. The Morgan fingerprint density at radius 2 is 1.95 bits per heavy atom. The lowest BCUT2D eigenvalue weighted by Gasteiger charge is -2.42. The number of aromatic nitrogens is 1. The molecule has 0 bridgehead atoms. The van der Waals surface area contributed by atoms with E-state index in [0.29, 0.717) is 26.3 Å². The maximum atomic E-state index is 15.0. The highest BCUT2D eigenvalue weighted by Crippen LogP contribution is 2.46. The van der Waals surface area contributed by atoms with Gasteiger partial charge in [-0.25, -0.2) is 9.37 Å². The number of fused-ring (bicyclic) bond motifs is 2. The number of benzene rings is 1. The van der Waals surface area contributed by atoms with Gasteiger partial charge in [-0.05, 0) is 32.1 Å². The molecular weight excluding hydrogens is 503 g/mol. The standard InChI is InChI=1S/C26H28ClFN4O5/c1-4-19(34)30-8-9-31-16(10-30)13-37-24-21(26(31)35)25(32-14(2)11-36-12-15(32)3)29-23(22(24)27)20-17(28)6-5-7-18(20)33/h4-7,14-16,33H,1,8-13H2,2-3H3/t14-,15+,16?. The van der Waals surface area contributed by atoms with Crippen LogP contribution >= 0.6 is 11.6 Å². The number of nitrogens with zero attached hydrogens (tertiary/aromatic N) is 4. The van der Waals surface area contributed by atoms with E-state index >= 15 is 0 Å². The highest BCUT2D eigenvalue weighted by atomic mass is 35.5. The Kier molecular flexibility index (Phi) is 6.72. The molecule has 0 saturated carbocycles. The summed E-state index contributed by atoms with van der Waals surface area (Å²) in [5, 5.41) is 10.5. The Morgan fingerprint density at radius 1 is 1.22 bits per heavy atom.